The molecular weight excluding hydrogens is 166 g/mol. The molecule has 0 aliphatic heterocycles. The largest absolute Gasteiger partial charge is 0.384 e. The first-order chi connectivity index (χ1) is 5.86. The van der Waals surface area contributed by atoms with E-state index in [9.17, 15) is 0 Å². The van der Waals surface area contributed by atoms with Crippen LogP contribution in [-0.4, -0.2) is 12.3 Å². The first-order valence-corrected chi connectivity index (χ1v) is 4.57. The van der Waals surface area contributed by atoms with Crippen molar-refractivity contribution in [2.24, 2.45) is 0 Å². The first kappa shape index (κ1) is 9.20. The number of rotatable bonds is 4. The lowest BCUT2D eigenvalue weighted by molar-refractivity contribution is 1.23. The normalized spacial score (nSPS) is 9.42. The summed E-state index contributed by atoms with van der Waals surface area (Å²) in [6.07, 6.45) is 1.84. The lowest BCUT2D eigenvalue weighted by Crippen LogP contribution is -2.01. The van der Waals surface area contributed by atoms with Crippen LogP contribution in [0.2, 0.25) is 0 Å². The standard InChI is InChI=1S/C10H13NS/c1-2-9-3-5-10(6-4-9)11-7-8-12/h2-6,11-12H,1,7-8H2. The molecule has 1 N–H and O–H groups in total. The maximum atomic E-state index is 4.11. The second kappa shape index (κ2) is 4.88. The van der Waals surface area contributed by atoms with Crippen molar-refractivity contribution < 1.29 is 0 Å². The van der Waals surface area contributed by atoms with Crippen molar-refractivity contribution >= 4 is 24.4 Å². The molecule has 64 valence electrons. The third-order valence-electron chi connectivity index (χ3n) is 1.59. The zero-order chi connectivity index (χ0) is 8.81. The van der Waals surface area contributed by atoms with Crippen LogP contribution in [0.3, 0.4) is 0 Å². The zero-order valence-electron chi connectivity index (χ0n) is 6.96. The van der Waals surface area contributed by atoms with Crippen molar-refractivity contribution in [3.05, 3.63) is 36.4 Å². The van der Waals surface area contributed by atoms with Gasteiger partial charge < -0.3 is 5.32 Å². The summed E-state index contributed by atoms with van der Waals surface area (Å²) >= 11 is 4.11. The van der Waals surface area contributed by atoms with Crippen molar-refractivity contribution in [3.8, 4) is 0 Å². The highest BCUT2D eigenvalue weighted by atomic mass is 32.1. The summed E-state index contributed by atoms with van der Waals surface area (Å²) in [6.45, 7) is 4.59. The molecule has 2 heteroatoms. The fourth-order valence-corrected chi connectivity index (χ4v) is 1.05. The molecule has 0 bridgehead atoms. The van der Waals surface area contributed by atoms with Crippen molar-refractivity contribution in [3.63, 3.8) is 0 Å². The van der Waals surface area contributed by atoms with Gasteiger partial charge in [-0.25, -0.2) is 0 Å². The van der Waals surface area contributed by atoms with Crippen LogP contribution >= 0.6 is 12.6 Å². The minimum atomic E-state index is 0.850. The van der Waals surface area contributed by atoms with Gasteiger partial charge in [-0.15, -0.1) is 0 Å². The molecule has 1 aromatic carbocycles. The van der Waals surface area contributed by atoms with Crippen LogP contribution in [-0.2, 0) is 0 Å². The Morgan fingerprint density at radius 2 is 2.00 bits per heavy atom. The van der Waals surface area contributed by atoms with Crippen LogP contribution in [0.25, 0.3) is 6.08 Å². The Kier molecular flexibility index (Phi) is 3.74. The summed E-state index contributed by atoms with van der Waals surface area (Å²) in [5.41, 5.74) is 2.28. The highest BCUT2D eigenvalue weighted by Gasteiger charge is 1.89. The van der Waals surface area contributed by atoms with Crippen LogP contribution in [0, 0.1) is 0 Å². The van der Waals surface area contributed by atoms with Crippen LogP contribution < -0.4 is 5.32 Å². The maximum Gasteiger partial charge on any atom is 0.0340 e. The second-order valence-corrected chi connectivity index (χ2v) is 2.92. The molecule has 0 fully saturated rings. The fourth-order valence-electron chi connectivity index (χ4n) is 0.937. The summed E-state index contributed by atoms with van der Waals surface area (Å²) in [7, 11) is 0. The van der Waals surface area contributed by atoms with Gasteiger partial charge in [0.15, 0.2) is 0 Å². The van der Waals surface area contributed by atoms with E-state index in [-0.39, 0.29) is 0 Å². The average molecular weight is 179 g/mol. The number of thiol groups is 1. The van der Waals surface area contributed by atoms with Gasteiger partial charge >= 0.3 is 0 Å². The van der Waals surface area contributed by atoms with E-state index in [1.165, 1.54) is 0 Å². The molecule has 1 nitrogen and oxygen atoms in total. The summed E-state index contributed by atoms with van der Waals surface area (Å²) in [5.74, 6) is 0.850. The van der Waals surface area contributed by atoms with Gasteiger partial charge in [0.05, 0.1) is 0 Å². The lowest BCUT2D eigenvalue weighted by Gasteiger charge is -2.03. The highest BCUT2D eigenvalue weighted by Crippen LogP contribution is 2.09. The first-order valence-electron chi connectivity index (χ1n) is 3.94. The van der Waals surface area contributed by atoms with E-state index < -0.39 is 0 Å². The zero-order valence-corrected chi connectivity index (χ0v) is 7.85. The number of hydrogen-bond acceptors (Lipinski definition) is 2. The van der Waals surface area contributed by atoms with Gasteiger partial charge in [0.1, 0.15) is 0 Å². The molecule has 0 amide bonds. The van der Waals surface area contributed by atoms with E-state index in [1.54, 1.807) is 0 Å². The van der Waals surface area contributed by atoms with Gasteiger partial charge in [-0.2, -0.15) is 12.6 Å². The monoisotopic (exact) mass is 179 g/mol. The third kappa shape index (κ3) is 2.62. The molecule has 0 saturated carbocycles. The van der Waals surface area contributed by atoms with Crippen molar-refractivity contribution in [1.82, 2.24) is 0 Å². The minimum absolute atomic E-state index is 0.850. The predicted octanol–water partition coefficient (Wildman–Crippen LogP) is 2.67. The molecule has 0 saturated heterocycles. The molecule has 0 aromatic heterocycles. The SMILES string of the molecule is C=Cc1ccc(NCCS)cc1. The van der Waals surface area contributed by atoms with Crippen LogP contribution in [0.5, 0.6) is 0 Å². The quantitative estimate of drug-likeness (QED) is 0.677. The van der Waals surface area contributed by atoms with Crippen LogP contribution in [0.1, 0.15) is 5.56 Å². The van der Waals surface area contributed by atoms with E-state index in [0.717, 1.165) is 23.5 Å². The van der Waals surface area contributed by atoms with Gasteiger partial charge in [0.25, 0.3) is 0 Å². The molecule has 1 aromatic rings. The molecule has 0 heterocycles. The Labute approximate surface area is 78.9 Å². The Bertz CT molecular complexity index is 241. The molecule has 0 unspecified atom stereocenters. The number of nitrogens with one attached hydrogen (secondary N) is 1. The summed E-state index contributed by atoms with van der Waals surface area (Å²) in [5, 5.41) is 3.23. The van der Waals surface area contributed by atoms with Crippen molar-refractivity contribution in [2.75, 3.05) is 17.6 Å². The van der Waals surface area contributed by atoms with Crippen molar-refractivity contribution in [1.29, 1.82) is 0 Å². The topological polar surface area (TPSA) is 12.0 Å². The number of anilines is 1. The van der Waals surface area contributed by atoms with Crippen LogP contribution in [0.4, 0.5) is 5.69 Å². The second-order valence-electron chi connectivity index (χ2n) is 2.48. The Hall–Kier alpha value is -0.890. The number of hydrogen-bond donors (Lipinski definition) is 2. The van der Waals surface area contributed by atoms with Gasteiger partial charge in [-0.3, -0.25) is 0 Å². The molecule has 0 radical (unpaired) electrons. The summed E-state index contributed by atoms with van der Waals surface area (Å²) in [4.78, 5) is 0. The minimum Gasteiger partial charge on any atom is -0.384 e. The molecule has 0 aliphatic carbocycles. The van der Waals surface area contributed by atoms with E-state index in [4.69, 9.17) is 0 Å². The van der Waals surface area contributed by atoms with Gasteiger partial charge in [-0.05, 0) is 17.7 Å². The van der Waals surface area contributed by atoms with Crippen LogP contribution in [0.15, 0.2) is 30.8 Å². The summed E-state index contributed by atoms with van der Waals surface area (Å²) in [6, 6.07) is 8.16. The molecule has 12 heavy (non-hydrogen) atoms. The van der Waals surface area contributed by atoms with Gasteiger partial charge in [-0.1, -0.05) is 24.8 Å². The van der Waals surface area contributed by atoms with E-state index >= 15 is 0 Å². The van der Waals surface area contributed by atoms with E-state index in [2.05, 4.69) is 24.5 Å². The Morgan fingerprint density at radius 1 is 1.33 bits per heavy atom. The van der Waals surface area contributed by atoms with Gasteiger partial charge in [0.2, 0.25) is 0 Å². The Balaban J connectivity index is 2.58. The van der Waals surface area contributed by atoms with E-state index in [0.29, 0.717) is 0 Å². The van der Waals surface area contributed by atoms with Crippen molar-refractivity contribution in [2.45, 2.75) is 0 Å². The lowest BCUT2D eigenvalue weighted by atomic mass is 10.2. The predicted molar refractivity (Wildman–Crippen MR) is 58.9 cm³/mol. The van der Waals surface area contributed by atoms with E-state index in [1.807, 2.05) is 30.3 Å². The fraction of sp³-hybridized carbons (Fsp3) is 0.200. The van der Waals surface area contributed by atoms with Gasteiger partial charge in [0, 0.05) is 18.0 Å². The number of benzene rings is 1. The Morgan fingerprint density at radius 3 is 2.50 bits per heavy atom. The smallest absolute Gasteiger partial charge is 0.0340 e. The molecule has 0 spiro atoms. The molecule has 0 atom stereocenters. The highest BCUT2D eigenvalue weighted by molar-refractivity contribution is 7.80. The molecular formula is C10H13NS. The molecule has 1 rings (SSSR count). The molecule has 0 aliphatic rings. The third-order valence-corrected chi connectivity index (χ3v) is 1.81. The maximum absolute atomic E-state index is 4.11. The summed E-state index contributed by atoms with van der Waals surface area (Å²) < 4.78 is 0. The average Bonchev–Trinajstić information content (AvgIpc) is 2.15.